The molecule has 1 amide bonds. The number of hydrogen-bond donors (Lipinski definition) is 1. The lowest BCUT2D eigenvalue weighted by atomic mass is 10.1. The van der Waals surface area contributed by atoms with Gasteiger partial charge >= 0.3 is 0 Å². The number of nitrogens with zero attached hydrogens (tertiary/aromatic N) is 1. The Labute approximate surface area is 148 Å². The van der Waals surface area contributed by atoms with Crippen molar-refractivity contribution in [2.45, 2.75) is 19.4 Å². The van der Waals surface area contributed by atoms with Gasteiger partial charge in [0.2, 0.25) is 0 Å². The number of amides is 1. The number of carbonyl (C=O) groups excluding carboxylic acids is 1. The van der Waals surface area contributed by atoms with Crippen molar-refractivity contribution in [2.24, 2.45) is 0 Å². The Kier molecular flexibility index (Phi) is 5.43. The standard InChI is InChI=1S/C20H24N2O3/c1-24-18-10-7-16(13-19(18)25-2)20(23)21-14-15-5-8-17(9-6-15)22-11-3-4-12-22/h5-10,13H,3-4,11-12,14H2,1-2H3,(H,21,23). The van der Waals surface area contributed by atoms with Gasteiger partial charge in [-0.15, -0.1) is 0 Å². The van der Waals surface area contributed by atoms with Crippen LogP contribution in [0.5, 0.6) is 11.5 Å². The van der Waals surface area contributed by atoms with Gasteiger partial charge in [-0.2, -0.15) is 0 Å². The Hall–Kier alpha value is -2.69. The summed E-state index contributed by atoms with van der Waals surface area (Å²) in [7, 11) is 3.13. The second kappa shape index (κ2) is 7.92. The predicted octanol–water partition coefficient (Wildman–Crippen LogP) is 3.23. The molecule has 0 saturated carbocycles. The smallest absolute Gasteiger partial charge is 0.251 e. The van der Waals surface area contributed by atoms with E-state index in [2.05, 4.69) is 34.5 Å². The van der Waals surface area contributed by atoms with E-state index in [-0.39, 0.29) is 5.91 Å². The maximum absolute atomic E-state index is 12.3. The average molecular weight is 340 g/mol. The fourth-order valence-corrected chi connectivity index (χ4v) is 3.06. The summed E-state index contributed by atoms with van der Waals surface area (Å²) in [5.41, 5.74) is 2.88. The van der Waals surface area contributed by atoms with Crippen LogP contribution in [0.25, 0.3) is 0 Å². The lowest BCUT2D eigenvalue weighted by molar-refractivity contribution is 0.0950. The van der Waals surface area contributed by atoms with Crippen molar-refractivity contribution in [2.75, 3.05) is 32.2 Å². The number of methoxy groups -OCH3 is 2. The summed E-state index contributed by atoms with van der Waals surface area (Å²) in [4.78, 5) is 14.7. The number of rotatable bonds is 6. The van der Waals surface area contributed by atoms with Gasteiger partial charge in [0.05, 0.1) is 14.2 Å². The molecule has 5 heteroatoms. The van der Waals surface area contributed by atoms with Crippen molar-refractivity contribution in [3.05, 3.63) is 53.6 Å². The van der Waals surface area contributed by atoms with Crippen LogP contribution in [0.2, 0.25) is 0 Å². The van der Waals surface area contributed by atoms with Gasteiger partial charge in [0.15, 0.2) is 11.5 Å². The van der Waals surface area contributed by atoms with Crippen molar-refractivity contribution < 1.29 is 14.3 Å². The van der Waals surface area contributed by atoms with E-state index in [0.29, 0.717) is 23.6 Å². The average Bonchev–Trinajstić information content (AvgIpc) is 3.20. The van der Waals surface area contributed by atoms with Gasteiger partial charge in [-0.3, -0.25) is 4.79 Å². The summed E-state index contributed by atoms with van der Waals surface area (Å²) in [5, 5.41) is 2.94. The zero-order chi connectivity index (χ0) is 17.6. The lowest BCUT2D eigenvalue weighted by Gasteiger charge is -2.17. The van der Waals surface area contributed by atoms with Crippen LogP contribution in [0.1, 0.15) is 28.8 Å². The van der Waals surface area contributed by atoms with Crippen molar-refractivity contribution in [1.82, 2.24) is 5.32 Å². The van der Waals surface area contributed by atoms with Gasteiger partial charge in [-0.05, 0) is 48.7 Å². The molecule has 1 heterocycles. The highest BCUT2D eigenvalue weighted by atomic mass is 16.5. The molecule has 0 bridgehead atoms. The van der Waals surface area contributed by atoms with E-state index < -0.39 is 0 Å². The monoisotopic (exact) mass is 340 g/mol. The van der Waals surface area contributed by atoms with Crippen molar-refractivity contribution >= 4 is 11.6 Å². The van der Waals surface area contributed by atoms with E-state index in [0.717, 1.165) is 18.7 Å². The maximum atomic E-state index is 12.3. The van der Waals surface area contributed by atoms with Crippen LogP contribution >= 0.6 is 0 Å². The Balaban J connectivity index is 1.60. The first-order valence-electron chi connectivity index (χ1n) is 8.55. The molecule has 1 N–H and O–H groups in total. The van der Waals surface area contributed by atoms with E-state index >= 15 is 0 Å². The highest BCUT2D eigenvalue weighted by Crippen LogP contribution is 2.27. The number of anilines is 1. The van der Waals surface area contributed by atoms with Gasteiger partial charge in [-0.25, -0.2) is 0 Å². The summed E-state index contributed by atoms with van der Waals surface area (Å²) in [6.45, 7) is 2.76. The third kappa shape index (κ3) is 4.05. The SMILES string of the molecule is COc1ccc(C(=O)NCc2ccc(N3CCCC3)cc2)cc1OC. The second-order valence-electron chi connectivity index (χ2n) is 6.11. The Morgan fingerprint density at radius 2 is 1.68 bits per heavy atom. The van der Waals surface area contributed by atoms with Crippen LogP contribution in [0, 0.1) is 0 Å². The zero-order valence-electron chi connectivity index (χ0n) is 14.7. The summed E-state index contributed by atoms with van der Waals surface area (Å²) in [5.74, 6) is 1.02. The van der Waals surface area contributed by atoms with Gasteiger partial charge in [0, 0.05) is 30.9 Å². The molecule has 0 unspecified atom stereocenters. The number of carbonyl (C=O) groups is 1. The molecule has 1 fully saturated rings. The number of hydrogen-bond acceptors (Lipinski definition) is 4. The van der Waals surface area contributed by atoms with E-state index in [1.807, 2.05) is 0 Å². The number of ether oxygens (including phenoxy) is 2. The Morgan fingerprint density at radius 3 is 2.32 bits per heavy atom. The molecule has 0 atom stereocenters. The first kappa shape index (κ1) is 17.1. The summed E-state index contributed by atoms with van der Waals surface area (Å²) in [6, 6.07) is 13.5. The van der Waals surface area contributed by atoms with Crippen LogP contribution in [-0.4, -0.2) is 33.2 Å². The first-order chi connectivity index (χ1) is 12.2. The molecular weight excluding hydrogens is 316 g/mol. The first-order valence-corrected chi connectivity index (χ1v) is 8.55. The van der Waals surface area contributed by atoms with Crippen LogP contribution in [-0.2, 0) is 6.54 Å². The van der Waals surface area contributed by atoms with Crippen molar-refractivity contribution in [3.8, 4) is 11.5 Å². The summed E-state index contributed by atoms with van der Waals surface area (Å²) < 4.78 is 10.4. The molecule has 2 aromatic carbocycles. The van der Waals surface area contributed by atoms with Gasteiger partial charge in [0.25, 0.3) is 5.91 Å². The third-order valence-electron chi connectivity index (χ3n) is 4.51. The number of nitrogens with one attached hydrogen (secondary N) is 1. The minimum absolute atomic E-state index is 0.135. The largest absolute Gasteiger partial charge is 0.493 e. The predicted molar refractivity (Wildman–Crippen MR) is 98.6 cm³/mol. The molecule has 1 saturated heterocycles. The van der Waals surface area contributed by atoms with Crippen molar-refractivity contribution in [3.63, 3.8) is 0 Å². The fourth-order valence-electron chi connectivity index (χ4n) is 3.06. The minimum atomic E-state index is -0.135. The topological polar surface area (TPSA) is 50.8 Å². The Morgan fingerprint density at radius 1 is 1.00 bits per heavy atom. The maximum Gasteiger partial charge on any atom is 0.251 e. The third-order valence-corrected chi connectivity index (χ3v) is 4.51. The second-order valence-corrected chi connectivity index (χ2v) is 6.11. The van der Waals surface area contributed by atoms with Gasteiger partial charge < -0.3 is 19.7 Å². The van der Waals surface area contributed by atoms with Gasteiger partial charge in [-0.1, -0.05) is 12.1 Å². The summed E-state index contributed by atoms with van der Waals surface area (Å²) in [6.07, 6.45) is 2.53. The molecule has 3 rings (SSSR count). The molecule has 1 aliphatic rings. The van der Waals surface area contributed by atoms with E-state index in [1.54, 1.807) is 32.4 Å². The molecule has 5 nitrogen and oxygen atoms in total. The minimum Gasteiger partial charge on any atom is -0.493 e. The molecule has 0 spiro atoms. The summed E-state index contributed by atoms with van der Waals surface area (Å²) >= 11 is 0. The molecule has 1 aliphatic heterocycles. The lowest BCUT2D eigenvalue weighted by Crippen LogP contribution is -2.23. The molecule has 132 valence electrons. The molecule has 0 radical (unpaired) electrons. The highest BCUT2D eigenvalue weighted by Gasteiger charge is 2.13. The molecule has 25 heavy (non-hydrogen) atoms. The van der Waals surface area contributed by atoms with Gasteiger partial charge in [0.1, 0.15) is 0 Å². The molecule has 2 aromatic rings. The van der Waals surface area contributed by atoms with Crippen LogP contribution in [0.3, 0.4) is 0 Å². The molecule has 0 aliphatic carbocycles. The zero-order valence-corrected chi connectivity index (χ0v) is 14.7. The molecular formula is C20H24N2O3. The number of benzene rings is 2. The van der Waals surface area contributed by atoms with Crippen LogP contribution in [0.15, 0.2) is 42.5 Å². The Bertz CT molecular complexity index is 722. The van der Waals surface area contributed by atoms with E-state index in [4.69, 9.17) is 9.47 Å². The quantitative estimate of drug-likeness (QED) is 0.877. The van der Waals surface area contributed by atoms with E-state index in [9.17, 15) is 4.79 Å². The molecule has 0 aromatic heterocycles. The van der Waals surface area contributed by atoms with E-state index in [1.165, 1.54) is 18.5 Å². The van der Waals surface area contributed by atoms with Crippen molar-refractivity contribution in [1.29, 1.82) is 0 Å². The highest BCUT2D eigenvalue weighted by molar-refractivity contribution is 5.94. The van der Waals surface area contributed by atoms with Crippen LogP contribution < -0.4 is 19.7 Å². The van der Waals surface area contributed by atoms with Crippen LogP contribution in [0.4, 0.5) is 5.69 Å². The fraction of sp³-hybridized carbons (Fsp3) is 0.350. The normalized spacial score (nSPS) is 13.6.